The molecule has 0 saturated heterocycles. The van der Waals surface area contributed by atoms with E-state index in [2.05, 4.69) is 20.6 Å². The topological polar surface area (TPSA) is 120 Å². The maximum Gasteiger partial charge on any atom is 0.343 e. The fraction of sp³-hybridized carbons (Fsp3) is 0.250. The van der Waals surface area contributed by atoms with E-state index in [1.807, 2.05) is 18.9 Å². The lowest BCUT2D eigenvalue weighted by Gasteiger charge is -2.17. The first-order valence-electron chi connectivity index (χ1n) is 14.2. The van der Waals surface area contributed by atoms with Gasteiger partial charge in [-0.1, -0.05) is 24.3 Å². The van der Waals surface area contributed by atoms with Crippen molar-refractivity contribution in [3.8, 4) is 16.3 Å². The molecule has 14 heteroatoms. The molecule has 46 heavy (non-hydrogen) atoms. The molecule has 2 aromatic carbocycles. The molecule has 0 aliphatic rings. The summed E-state index contributed by atoms with van der Waals surface area (Å²) in [5.74, 6) is -1.55. The number of hydroxylamine groups is 1. The van der Waals surface area contributed by atoms with E-state index in [0.717, 1.165) is 22.3 Å². The molecule has 3 aromatic heterocycles. The number of benzene rings is 2. The zero-order valence-electron chi connectivity index (χ0n) is 25.6. The van der Waals surface area contributed by atoms with Crippen molar-refractivity contribution in [1.29, 1.82) is 0 Å². The second kappa shape index (κ2) is 14.1. The monoisotopic (exact) mass is 650 g/mol. The Morgan fingerprint density at radius 3 is 2.37 bits per heavy atom. The number of ether oxygens (including phenoxy) is 1. The molecule has 5 rings (SSSR count). The molecule has 0 fully saturated rings. The smallest absolute Gasteiger partial charge is 0.343 e. The second-order valence-corrected chi connectivity index (χ2v) is 11.6. The molecular weight excluding hydrogens is 618 g/mol. The van der Waals surface area contributed by atoms with Gasteiger partial charge in [0, 0.05) is 42.5 Å². The molecule has 0 saturated carbocycles. The van der Waals surface area contributed by atoms with Gasteiger partial charge < -0.3 is 10.1 Å². The zero-order valence-corrected chi connectivity index (χ0v) is 26.4. The maximum atomic E-state index is 14.9. The molecule has 2 N–H and O–H groups in total. The van der Waals surface area contributed by atoms with Crippen LogP contribution in [0.1, 0.15) is 16.7 Å². The summed E-state index contributed by atoms with van der Waals surface area (Å²) in [6.45, 7) is 2.63. The number of amides is 2. The number of anilines is 1. The number of hydrogen-bond acceptors (Lipinski definition) is 8. The number of carbonyl (C=O) groups is 1. The second-order valence-electron chi connectivity index (χ2n) is 10.6. The average Bonchev–Trinajstić information content (AvgIpc) is 3.39. The number of thiophene rings is 1. The number of rotatable bonds is 11. The fourth-order valence-corrected chi connectivity index (χ4v) is 6.28. The summed E-state index contributed by atoms with van der Waals surface area (Å²) in [4.78, 5) is 52.2. The Morgan fingerprint density at radius 2 is 1.74 bits per heavy atom. The Labute approximate surface area is 266 Å². The highest BCUT2D eigenvalue weighted by molar-refractivity contribution is 7.22. The molecule has 5 aromatic rings. The Bertz CT molecular complexity index is 1970. The lowest BCUT2D eigenvalue weighted by atomic mass is 10.1. The zero-order chi connectivity index (χ0) is 33.0. The molecule has 240 valence electrons. The number of methoxy groups -OCH3 is 1. The quantitative estimate of drug-likeness (QED) is 0.200. The lowest BCUT2D eigenvalue weighted by molar-refractivity contribution is 0.114. The summed E-state index contributed by atoms with van der Waals surface area (Å²) in [5, 5.41) is 2.87. The van der Waals surface area contributed by atoms with Crippen LogP contribution in [-0.2, 0) is 22.7 Å². The Morgan fingerprint density at radius 1 is 1.02 bits per heavy atom. The molecule has 0 spiro atoms. The van der Waals surface area contributed by atoms with Gasteiger partial charge in [-0.15, -0.1) is 11.3 Å². The van der Waals surface area contributed by atoms with E-state index in [0.29, 0.717) is 34.8 Å². The largest absolute Gasteiger partial charge is 0.383 e. The Kier molecular flexibility index (Phi) is 10.0. The van der Waals surface area contributed by atoms with E-state index in [9.17, 15) is 23.2 Å². The first kappa shape index (κ1) is 32.6. The highest BCUT2D eigenvalue weighted by atomic mass is 32.1. The van der Waals surface area contributed by atoms with Gasteiger partial charge in [-0.25, -0.2) is 33.4 Å². The molecule has 2 amide bonds. The van der Waals surface area contributed by atoms with E-state index in [1.165, 1.54) is 35.3 Å². The van der Waals surface area contributed by atoms with Crippen LogP contribution >= 0.6 is 11.3 Å². The van der Waals surface area contributed by atoms with Crippen molar-refractivity contribution in [1.82, 2.24) is 24.5 Å². The van der Waals surface area contributed by atoms with Crippen LogP contribution in [0.2, 0.25) is 0 Å². The van der Waals surface area contributed by atoms with E-state index in [1.54, 1.807) is 43.5 Å². The van der Waals surface area contributed by atoms with Crippen molar-refractivity contribution in [3.63, 3.8) is 0 Å². The molecule has 11 nitrogen and oxygen atoms in total. The number of halogens is 2. The van der Waals surface area contributed by atoms with Gasteiger partial charge in [0.15, 0.2) is 0 Å². The van der Waals surface area contributed by atoms with E-state index in [4.69, 9.17) is 4.74 Å². The normalized spacial score (nSPS) is 11.4. The number of aromatic nitrogens is 3. The minimum atomic E-state index is -0.817. The molecular formula is C32H32F2N6O5S. The van der Waals surface area contributed by atoms with Crippen LogP contribution in [0.3, 0.4) is 0 Å². The van der Waals surface area contributed by atoms with Gasteiger partial charge in [0.25, 0.3) is 5.56 Å². The van der Waals surface area contributed by atoms with Crippen LogP contribution in [0.25, 0.3) is 26.5 Å². The predicted octanol–water partition coefficient (Wildman–Crippen LogP) is 4.67. The average molecular weight is 651 g/mol. The third-order valence-electron chi connectivity index (χ3n) is 7.28. The highest BCUT2D eigenvalue weighted by Gasteiger charge is 2.26. The van der Waals surface area contributed by atoms with Crippen LogP contribution in [0.5, 0.6) is 0 Å². The first-order valence-corrected chi connectivity index (χ1v) is 15.0. The van der Waals surface area contributed by atoms with Crippen molar-refractivity contribution < 1.29 is 23.1 Å². The van der Waals surface area contributed by atoms with Crippen molar-refractivity contribution in [2.75, 3.05) is 39.7 Å². The van der Waals surface area contributed by atoms with Gasteiger partial charge in [0.1, 0.15) is 22.3 Å². The SMILES string of the molecule is COCCN(C)Cc1c(-c2ccc(NC(=O)NOC)cc2)sc2c1c(=O)n(-c1ccc(C)cn1)c(=O)n2Cc1c(F)cccc1F. The fourth-order valence-electron chi connectivity index (χ4n) is 4.98. The summed E-state index contributed by atoms with van der Waals surface area (Å²) in [6.07, 6.45) is 1.53. The highest BCUT2D eigenvalue weighted by Crippen LogP contribution is 2.38. The van der Waals surface area contributed by atoms with Gasteiger partial charge in [0.2, 0.25) is 0 Å². The summed E-state index contributed by atoms with van der Waals surface area (Å²) in [7, 11) is 4.78. The summed E-state index contributed by atoms with van der Waals surface area (Å²) < 4.78 is 37.3. The minimum Gasteiger partial charge on any atom is -0.383 e. The summed E-state index contributed by atoms with van der Waals surface area (Å²) >= 11 is 1.17. The molecule has 0 bridgehead atoms. The lowest BCUT2D eigenvalue weighted by Crippen LogP contribution is -2.39. The number of carbonyl (C=O) groups excluding carboxylic acids is 1. The number of likely N-dealkylation sites (N-methyl/N-ethyl adjacent to an activating group) is 1. The third kappa shape index (κ3) is 6.74. The van der Waals surface area contributed by atoms with Crippen LogP contribution < -0.4 is 22.0 Å². The molecule has 0 aliphatic heterocycles. The Balaban J connectivity index is 1.79. The van der Waals surface area contributed by atoms with Crippen LogP contribution in [0.15, 0.2) is 70.4 Å². The van der Waals surface area contributed by atoms with Gasteiger partial charge >= 0.3 is 11.7 Å². The van der Waals surface area contributed by atoms with Gasteiger partial charge in [-0.05, 0) is 61.0 Å². The minimum absolute atomic E-state index is 0.0847. The van der Waals surface area contributed by atoms with Crippen LogP contribution in [0.4, 0.5) is 19.3 Å². The number of pyridine rings is 1. The number of nitrogens with zero attached hydrogens (tertiary/aromatic N) is 4. The summed E-state index contributed by atoms with van der Waals surface area (Å²) in [6, 6.07) is 13.1. The molecule has 0 aliphatic carbocycles. The molecule has 0 radical (unpaired) electrons. The van der Waals surface area contributed by atoms with Gasteiger partial charge in [0.05, 0.1) is 25.6 Å². The van der Waals surface area contributed by atoms with E-state index in [-0.39, 0.29) is 28.1 Å². The number of nitrogens with one attached hydrogen (secondary N) is 2. The number of fused-ring (bicyclic) bond motifs is 1. The first-order chi connectivity index (χ1) is 22.1. The number of urea groups is 1. The standard InChI is InChI=1S/C32H32F2N6O5S/c1-19-8-13-26(35-16-19)40-29(41)27-23(17-38(2)14-15-44-3)28(20-9-11-21(12-10-20)36-31(42)37-45-4)46-30(27)39(32(40)43)18-22-24(33)6-5-7-25(22)34/h5-13,16H,14-15,17-18H2,1-4H3,(H2,36,37,42). The number of hydrogen-bond donors (Lipinski definition) is 2. The van der Waals surface area contributed by atoms with E-state index < -0.39 is 35.5 Å². The van der Waals surface area contributed by atoms with E-state index >= 15 is 0 Å². The van der Waals surface area contributed by atoms with Crippen LogP contribution in [0, 0.1) is 18.6 Å². The van der Waals surface area contributed by atoms with Gasteiger partial charge in [-0.2, -0.15) is 0 Å². The van der Waals surface area contributed by atoms with Crippen molar-refractivity contribution in [2.24, 2.45) is 0 Å². The van der Waals surface area contributed by atoms with Crippen molar-refractivity contribution in [3.05, 3.63) is 110 Å². The van der Waals surface area contributed by atoms with Gasteiger partial charge in [-0.3, -0.25) is 19.1 Å². The van der Waals surface area contributed by atoms with Crippen molar-refractivity contribution in [2.45, 2.75) is 20.0 Å². The van der Waals surface area contributed by atoms with Crippen LogP contribution in [-0.4, -0.2) is 59.5 Å². The third-order valence-corrected chi connectivity index (χ3v) is 8.58. The predicted molar refractivity (Wildman–Crippen MR) is 172 cm³/mol. The number of aryl methyl sites for hydroxylation is 1. The molecule has 3 heterocycles. The summed E-state index contributed by atoms with van der Waals surface area (Å²) in [5.41, 5.74) is 3.10. The maximum absolute atomic E-state index is 14.9. The molecule has 0 atom stereocenters. The van der Waals surface area contributed by atoms with Crippen molar-refractivity contribution >= 4 is 33.3 Å². The Hall–Kier alpha value is -4.76. The molecule has 0 unspecified atom stereocenters.